The predicted molar refractivity (Wildman–Crippen MR) is 108 cm³/mol. The van der Waals surface area contributed by atoms with Crippen molar-refractivity contribution < 1.29 is 18.0 Å². The van der Waals surface area contributed by atoms with Gasteiger partial charge in [0, 0.05) is 24.5 Å². The number of rotatable bonds is 4. The Morgan fingerprint density at radius 2 is 1.91 bits per heavy atom. The van der Waals surface area contributed by atoms with E-state index < -0.39 is 11.7 Å². The Morgan fingerprint density at radius 1 is 1.12 bits per heavy atom. The molecule has 0 aromatic carbocycles. The molecule has 8 nitrogen and oxygen atoms in total. The third-order valence-corrected chi connectivity index (χ3v) is 6.02. The summed E-state index contributed by atoms with van der Waals surface area (Å²) in [5.41, 5.74) is 0.356. The highest BCUT2D eigenvalue weighted by Crippen LogP contribution is 2.40. The Kier molecular flexibility index (Phi) is 4.83. The molecule has 4 heterocycles. The lowest BCUT2D eigenvalue weighted by Crippen LogP contribution is -2.48. The number of aromatic nitrogens is 5. The smallest absolute Gasteiger partial charge is 0.365 e. The number of likely N-dealkylation sites (tertiary alicyclic amines) is 1. The molecule has 1 aliphatic carbocycles. The molecule has 1 N–H and O–H groups in total. The van der Waals surface area contributed by atoms with Gasteiger partial charge in [-0.3, -0.25) is 4.79 Å². The van der Waals surface area contributed by atoms with Crippen molar-refractivity contribution in [3.63, 3.8) is 0 Å². The molecule has 1 aliphatic heterocycles. The summed E-state index contributed by atoms with van der Waals surface area (Å²) in [6.07, 6.45) is 1.10. The van der Waals surface area contributed by atoms with Crippen molar-refractivity contribution in [3.8, 4) is 5.82 Å². The van der Waals surface area contributed by atoms with Crippen LogP contribution in [0.2, 0.25) is 0 Å². The number of carbonyl (C=O) groups excluding carboxylic acids is 1. The maximum Gasteiger partial charge on any atom is 0.417 e. The van der Waals surface area contributed by atoms with E-state index in [1.54, 1.807) is 12.1 Å². The quantitative estimate of drug-likeness (QED) is 0.667. The van der Waals surface area contributed by atoms with Crippen molar-refractivity contribution in [3.05, 3.63) is 59.7 Å². The van der Waals surface area contributed by atoms with Gasteiger partial charge < -0.3 is 10.2 Å². The van der Waals surface area contributed by atoms with Crippen LogP contribution in [0.4, 0.5) is 19.0 Å². The fraction of sp³-hybridized carbons (Fsp3) is 0.381. The lowest BCUT2D eigenvalue weighted by molar-refractivity contribution is -0.137. The Bertz CT molecular complexity index is 1130. The van der Waals surface area contributed by atoms with Crippen molar-refractivity contribution in [2.45, 2.75) is 38.0 Å². The number of amides is 1. The second-order valence-corrected chi connectivity index (χ2v) is 8.19. The van der Waals surface area contributed by atoms with Gasteiger partial charge in [0.05, 0.1) is 29.6 Å². The molecule has 0 radical (unpaired) electrons. The molecule has 1 saturated carbocycles. The standard InChI is InChI=1S/C21H20F3N7O/c1-12-2-4-15(19(28-12)31-26-6-7-27-31)20(32)30-11-13-8-16(17(30)9-13)29-18-5-3-14(10-25-18)21(22,23)24/h2-7,10,13,16-17H,8-9,11H2,1H3,(H,25,29)/t13-,16-,17+/m1/s1. The summed E-state index contributed by atoms with van der Waals surface area (Å²) in [7, 11) is 0. The van der Waals surface area contributed by atoms with Gasteiger partial charge in [-0.05, 0) is 49.9 Å². The monoisotopic (exact) mass is 443 g/mol. The molecule has 166 valence electrons. The van der Waals surface area contributed by atoms with E-state index in [0.717, 1.165) is 30.8 Å². The van der Waals surface area contributed by atoms with E-state index in [9.17, 15) is 18.0 Å². The number of carbonyl (C=O) groups is 1. The number of piperidine rings is 1. The number of nitrogens with zero attached hydrogens (tertiary/aromatic N) is 6. The highest BCUT2D eigenvalue weighted by Gasteiger charge is 2.47. The van der Waals surface area contributed by atoms with Crippen LogP contribution in [0.25, 0.3) is 5.82 Å². The van der Waals surface area contributed by atoms with Crippen LogP contribution < -0.4 is 5.32 Å². The molecule has 1 amide bonds. The van der Waals surface area contributed by atoms with Crippen molar-refractivity contribution in [2.24, 2.45) is 5.92 Å². The molecule has 1 saturated heterocycles. The van der Waals surface area contributed by atoms with E-state index >= 15 is 0 Å². The van der Waals surface area contributed by atoms with Gasteiger partial charge in [0.15, 0.2) is 5.82 Å². The lowest BCUT2D eigenvalue weighted by Gasteiger charge is -2.34. The van der Waals surface area contributed by atoms with Crippen LogP contribution in [0.3, 0.4) is 0 Å². The van der Waals surface area contributed by atoms with Gasteiger partial charge in [0.2, 0.25) is 0 Å². The number of aryl methyl sites for hydroxylation is 1. The van der Waals surface area contributed by atoms with Gasteiger partial charge in [0.25, 0.3) is 5.91 Å². The maximum atomic E-state index is 13.5. The SMILES string of the molecule is Cc1ccc(C(=O)N2C[C@@H]3C[C@@H](Nc4ccc(C(F)(F)F)cn4)[C@@H]2C3)c(-n2nccn2)n1. The Morgan fingerprint density at radius 3 is 2.56 bits per heavy atom. The summed E-state index contributed by atoms with van der Waals surface area (Å²) in [6, 6.07) is 5.66. The van der Waals surface area contributed by atoms with Gasteiger partial charge in [-0.2, -0.15) is 23.4 Å². The zero-order valence-corrected chi connectivity index (χ0v) is 17.1. The maximum absolute atomic E-state index is 13.5. The molecular formula is C21H20F3N7O. The topological polar surface area (TPSA) is 88.8 Å². The molecule has 11 heteroatoms. The summed E-state index contributed by atoms with van der Waals surface area (Å²) in [5.74, 6) is 0.892. The van der Waals surface area contributed by atoms with E-state index in [-0.39, 0.29) is 18.0 Å². The lowest BCUT2D eigenvalue weighted by atomic mass is 10.0. The average Bonchev–Trinajstić information content (AvgIpc) is 3.50. The Labute approximate surface area is 181 Å². The predicted octanol–water partition coefficient (Wildman–Crippen LogP) is 3.10. The number of pyridine rings is 2. The zero-order valence-electron chi connectivity index (χ0n) is 17.1. The number of anilines is 1. The van der Waals surface area contributed by atoms with E-state index in [2.05, 4.69) is 25.5 Å². The molecule has 5 rings (SSSR count). The van der Waals surface area contributed by atoms with Gasteiger partial charge >= 0.3 is 6.18 Å². The molecule has 2 bridgehead atoms. The fourth-order valence-electron chi connectivity index (χ4n) is 4.59. The summed E-state index contributed by atoms with van der Waals surface area (Å²) >= 11 is 0. The molecule has 3 aromatic heterocycles. The fourth-order valence-corrected chi connectivity index (χ4v) is 4.59. The number of hydrogen-bond acceptors (Lipinski definition) is 6. The summed E-state index contributed by atoms with van der Waals surface area (Å²) in [6.45, 7) is 2.46. The highest BCUT2D eigenvalue weighted by molar-refractivity contribution is 5.97. The van der Waals surface area contributed by atoms with Crippen LogP contribution >= 0.6 is 0 Å². The molecule has 32 heavy (non-hydrogen) atoms. The first kappa shape index (κ1) is 20.4. The first-order chi connectivity index (χ1) is 15.3. The van der Waals surface area contributed by atoms with E-state index in [1.165, 1.54) is 23.3 Å². The summed E-state index contributed by atoms with van der Waals surface area (Å²) in [4.78, 5) is 25.0. The van der Waals surface area contributed by atoms with E-state index in [1.807, 2.05) is 11.8 Å². The van der Waals surface area contributed by atoms with Gasteiger partial charge in [-0.15, -0.1) is 4.80 Å². The van der Waals surface area contributed by atoms with Crippen LogP contribution in [0.5, 0.6) is 0 Å². The van der Waals surface area contributed by atoms with E-state index in [4.69, 9.17) is 0 Å². The van der Waals surface area contributed by atoms with Crippen molar-refractivity contribution in [1.82, 2.24) is 29.9 Å². The van der Waals surface area contributed by atoms with Gasteiger partial charge in [0.1, 0.15) is 5.82 Å². The summed E-state index contributed by atoms with van der Waals surface area (Å²) < 4.78 is 38.4. The van der Waals surface area contributed by atoms with Crippen LogP contribution in [0, 0.1) is 12.8 Å². The Hall–Kier alpha value is -3.50. The number of halogens is 3. The molecule has 2 fully saturated rings. The largest absolute Gasteiger partial charge is 0.417 e. The molecular weight excluding hydrogens is 423 g/mol. The number of hydrogen-bond donors (Lipinski definition) is 1. The molecule has 3 aromatic rings. The first-order valence-electron chi connectivity index (χ1n) is 10.2. The molecule has 0 spiro atoms. The van der Waals surface area contributed by atoms with Crippen LogP contribution in [-0.4, -0.2) is 54.4 Å². The minimum absolute atomic E-state index is 0.0867. The van der Waals surface area contributed by atoms with Gasteiger partial charge in [-0.1, -0.05) is 0 Å². The second-order valence-electron chi connectivity index (χ2n) is 8.19. The number of alkyl halides is 3. The first-order valence-corrected chi connectivity index (χ1v) is 10.2. The number of nitrogens with one attached hydrogen (secondary N) is 1. The highest BCUT2D eigenvalue weighted by atomic mass is 19.4. The third kappa shape index (κ3) is 3.67. The number of fused-ring (bicyclic) bond motifs is 2. The minimum Gasteiger partial charge on any atom is -0.365 e. The van der Waals surface area contributed by atoms with Crippen molar-refractivity contribution in [1.29, 1.82) is 0 Å². The third-order valence-electron chi connectivity index (χ3n) is 6.02. The van der Waals surface area contributed by atoms with Crippen LogP contribution in [0.1, 0.15) is 34.5 Å². The van der Waals surface area contributed by atoms with E-state index in [0.29, 0.717) is 29.7 Å². The van der Waals surface area contributed by atoms with Gasteiger partial charge in [-0.25, -0.2) is 9.97 Å². The average molecular weight is 443 g/mol. The molecule has 2 aliphatic rings. The van der Waals surface area contributed by atoms with Crippen LogP contribution in [0.15, 0.2) is 42.9 Å². The van der Waals surface area contributed by atoms with Crippen molar-refractivity contribution >= 4 is 11.7 Å². The summed E-state index contributed by atoms with van der Waals surface area (Å²) in [5, 5.41) is 11.4. The normalized spacial score (nSPS) is 22.4. The second kappa shape index (κ2) is 7.57. The van der Waals surface area contributed by atoms with Crippen molar-refractivity contribution in [2.75, 3.05) is 11.9 Å². The molecule has 0 unspecified atom stereocenters. The molecule has 3 atom stereocenters. The minimum atomic E-state index is -4.43. The van der Waals surface area contributed by atoms with Crippen LogP contribution in [-0.2, 0) is 6.18 Å². The zero-order chi connectivity index (χ0) is 22.5. The Balaban J connectivity index is 1.36.